The van der Waals surface area contributed by atoms with Crippen LogP contribution in [-0.4, -0.2) is 103 Å². The molecule has 1 aliphatic carbocycles. The summed E-state index contributed by atoms with van der Waals surface area (Å²) in [7, 11) is 0. The minimum atomic E-state index is -0.968. The number of benzene rings is 3. The molecule has 5 amide bonds. The summed E-state index contributed by atoms with van der Waals surface area (Å²) in [5.41, 5.74) is 2.88. The molecule has 14 heteroatoms. The Morgan fingerprint density at radius 2 is 1.65 bits per heavy atom. The van der Waals surface area contributed by atoms with Crippen molar-refractivity contribution < 1.29 is 33.4 Å². The largest absolute Gasteiger partial charge is 0.489 e. The van der Waals surface area contributed by atoms with E-state index in [1.165, 1.54) is 0 Å². The van der Waals surface area contributed by atoms with Gasteiger partial charge in [-0.05, 0) is 73.7 Å². The number of amides is 5. The van der Waals surface area contributed by atoms with Crippen LogP contribution in [0.1, 0.15) is 102 Å². The highest BCUT2D eigenvalue weighted by molar-refractivity contribution is 6.31. The summed E-state index contributed by atoms with van der Waals surface area (Å²) in [5, 5.41) is 15.1. The minimum absolute atomic E-state index is 0.0919. The van der Waals surface area contributed by atoms with Crippen LogP contribution in [-0.2, 0) is 20.7 Å². The fourth-order valence-electron chi connectivity index (χ4n) is 9.65. The molecule has 316 valence electrons. The number of nitrogens with one attached hydrogen (secondary N) is 2. The zero-order chi connectivity index (χ0) is 42.8. The lowest BCUT2D eigenvalue weighted by Crippen LogP contribution is -2.74. The molecule has 13 nitrogen and oxygen atoms in total. The van der Waals surface area contributed by atoms with Crippen molar-refractivity contribution in [3.8, 4) is 11.8 Å². The van der Waals surface area contributed by atoms with Crippen LogP contribution in [0.4, 0.5) is 5.69 Å². The number of fused-ring (bicyclic) bond motifs is 1. The Morgan fingerprint density at radius 3 is 2.33 bits per heavy atom. The molecule has 1 saturated carbocycles. The van der Waals surface area contributed by atoms with Gasteiger partial charge in [0, 0.05) is 79.9 Å². The molecule has 3 heterocycles. The molecule has 0 bridgehead atoms. The van der Waals surface area contributed by atoms with Gasteiger partial charge < -0.3 is 19.7 Å². The Hall–Kier alpha value is -5.29. The summed E-state index contributed by atoms with van der Waals surface area (Å²) < 4.78 is 12.3. The van der Waals surface area contributed by atoms with Gasteiger partial charge in [-0.3, -0.25) is 39.1 Å². The molecule has 1 atom stereocenters. The summed E-state index contributed by atoms with van der Waals surface area (Å²) in [6.45, 7) is 14.1. The number of aryl methyl sites for hydroxylation is 1. The number of imide groups is 2. The lowest BCUT2D eigenvalue weighted by molar-refractivity contribution is -0.164. The summed E-state index contributed by atoms with van der Waals surface area (Å²) in [4.78, 5) is 69.7. The SMILES string of the molecule is CC1(C)[C@H](NC(=O)c2ccc(N3CCN(CCOCCCCCc4cccc5c4C(=O)N([C@H]4CCC(=O)NC4=O)C5=O)CC3)cc2)C(C)(C)[C@H]1Oc1ccc(C#N)c(Cl)c1. The molecule has 7 rings (SSSR count). The zero-order valence-electron chi connectivity index (χ0n) is 34.7. The van der Waals surface area contributed by atoms with Gasteiger partial charge in [-0.1, -0.05) is 57.8 Å². The van der Waals surface area contributed by atoms with Crippen molar-refractivity contribution in [2.75, 3.05) is 50.8 Å². The van der Waals surface area contributed by atoms with E-state index in [0.717, 1.165) is 68.1 Å². The molecule has 4 aliphatic rings. The van der Waals surface area contributed by atoms with Crippen LogP contribution in [0.25, 0.3) is 0 Å². The van der Waals surface area contributed by atoms with Gasteiger partial charge >= 0.3 is 0 Å². The second kappa shape index (κ2) is 17.7. The second-order valence-electron chi connectivity index (χ2n) is 17.4. The van der Waals surface area contributed by atoms with E-state index in [-0.39, 0.29) is 41.7 Å². The van der Waals surface area contributed by atoms with Crippen molar-refractivity contribution >= 4 is 46.8 Å². The highest BCUT2D eigenvalue weighted by Gasteiger charge is 2.64. The van der Waals surface area contributed by atoms with E-state index in [4.69, 9.17) is 21.1 Å². The molecule has 60 heavy (non-hydrogen) atoms. The van der Waals surface area contributed by atoms with E-state index in [9.17, 15) is 29.2 Å². The summed E-state index contributed by atoms with van der Waals surface area (Å²) in [6.07, 6.45) is 3.31. The highest BCUT2D eigenvalue weighted by Crippen LogP contribution is 2.55. The molecule has 0 spiro atoms. The topological polar surface area (TPSA) is 161 Å². The highest BCUT2D eigenvalue weighted by atomic mass is 35.5. The Kier molecular flexibility index (Phi) is 12.7. The van der Waals surface area contributed by atoms with Crippen LogP contribution in [0.3, 0.4) is 0 Å². The van der Waals surface area contributed by atoms with Crippen molar-refractivity contribution in [2.24, 2.45) is 10.8 Å². The third-order valence-corrected chi connectivity index (χ3v) is 13.0. The lowest BCUT2D eigenvalue weighted by Gasteiger charge is -2.63. The van der Waals surface area contributed by atoms with Crippen LogP contribution in [0.15, 0.2) is 60.7 Å². The molecule has 3 aromatic rings. The Morgan fingerprint density at radius 1 is 0.917 bits per heavy atom. The number of ether oxygens (including phenoxy) is 2. The molecular formula is C46H53ClN6O7. The van der Waals surface area contributed by atoms with Crippen molar-refractivity contribution in [3.63, 3.8) is 0 Å². The molecule has 0 aromatic heterocycles. The maximum Gasteiger partial charge on any atom is 0.262 e. The van der Waals surface area contributed by atoms with E-state index < -0.39 is 29.7 Å². The number of halogens is 1. The first-order chi connectivity index (χ1) is 28.7. The predicted molar refractivity (Wildman–Crippen MR) is 226 cm³/mol. The Labute approximate surface area is 356 Å². The number of anilines is 1. The number of unbranched alkanes of at least 4 members (excludes halogenated alkanes) is 2. The monoisotopic (exact) mass is 836 g/mol. The average molecular weight is 837 g/mol. The fraction of sp³-hybridized carbons (Fsp3) is 0.478. The normalized spacial score (nSPS) is 22.2. The van der Waals surface area contributed by atoms with E-state index in [1.54, 1.807) is 30.3 Å². The minimum Gasteiger partial charge on any atom is -0.489 e. The predicted octanol–water partition coefficient (Wildman–Crippen LogP) is 5.78. The van der Waals surface area contributed by atoms with Crippen LogP contribution in [0.5, 0.6) is 5.75 Å². The summed E-state index contributed by atoms with van der Waals surface area (Å²) >= 11 is 6.24. The average Bonchev–Trinajstić information content (AvgIpc) is 3.48. The van der Waals surface area contributed by atoms with Gasteiger partial charge in [-0.15, -0.1) is 0 Å². The lowest BCUT2D eigenvalue weighted by atomic mass is 9.49. The maximum atomic E-state index is 13.4. The molecule has 0 radical (unpaired) electrons. The van der Waals surface area contributed by atoms with Gasteiger partial charge in [0.05, 0.1) is 28.3 Å². The molecule has 3 aromatic carbocycles. The fourth-order valence-corrected chi connectivity index (χ4v) is 9.86. The molecular weight excluding hydrogens is 784 g/mol. The van der Waals surface area contributed by atoms with E-state index in [1.807, 2.05) is 30.3 Å². The molecule has 2 N–H and O–H groups in total. The number of piperazine rings is 1. The Bertz CT molecular complexity index is 2180. The van der Waals surface area contributed by atoms with Crippen molar-refractivity contribution in [1.82, 2.24) is 20.4 Å². The Balaban J connectivity index is 0.785. The number of nitriles is 1. The van der Waals surface area contributed by atoms with Gasteiger partial charge in [-0.2, -0.15) is 5.26 Å². The summed E-state index contributed by atoms with van der Waals surface area (Å²) in [6, 6.07) is 19.1. The van der Waals surface area contributed by atoms with E-state index >= 15 is 0 Å². The van der Waals surface area contributed by atoms with E-state index in [2.05, 4.69) is 54.2 Å². The number of piperidine rings is 1. The number of rotatable bonds is 15. The molecule has 3 fully saturated rings. The van der Waals surface area contributed by atoms with Crippen molar-refractivity contribution in [2.45, 2.75) is 84.4 Å². The maximum absolute atomic E-state index is 13.4. The van der Waals surface area contributed by atoms with Crippen molar-refractivity contribution in [1.29, 1.82) is 5.26 Å². The third kappa shape index (κ3) is 8.64. The van der Waals surface area contributed by atoms with Crippen LogP contribution in [0, 0.1) is 22.2 Å². The molecule has 2 saturated heterocycles. The number of carbonyl (C=O) groups excluding carboxylic acids is 5. The number of carbonyl (C=O) groups is 5. The molecule has 0 unspecified atom stereocenters. The number of nitrogens with zero attached hydrogens (tertiary/aromatic N) is 4. The standard InChI is InChI=1S/C46H53ClN6O7/c1-45(2)43(46(3,4)44(45)60-33-17-14-31(28-48)35(47)27-33)50-39(55)30-12-15-32(16-13-30)52-22-20-51(21-23-52)24-26-59-25-7-5-6-9-29-10-8-11-34-38(29)42(58)53(41(34)57)36-18-19-37(54)49-40(36)56/h8,10-17,27,36,43-44H,5-7,9,18-26H2,1-4H3,(H,50,55)(H,49,54,56)/t36-,43-,44-/m0/s1. The number of hydrogen-bond acceptors (Lipinski definition) is 10. The summed E-state index contributed by atoms with van der Waals surface area (Å²) in [5.74, 6) is -1.47. The van der Waals surface area contributed by atoms with Gasteiger partial charge in [0.15, 0.2) is 0 Å². The van der Waals surface area contributed by atoms with Crippen LogP contribution in [0.2, 0.25) is 5.02 Å². The van der Waals surface area contributed by atoms with Crippen molar-refractivity contribution in [3.05, 3.63) is 93.5 Å². The zero-order valence-corrected chi connectivity index (χ0v) is 35.5. The molecule has 3 aliphatic heterocycles. The van der Waals surface area contributed by atoms with Crippen LogP contribution < -0.4 is 20.3 Å². The third-order valence-electron chi connectivity index (χ3n) is 12.6. The van der Waals surface area contributed by atoms with Gasteiger partial charge in [0.1, 0.15) is 24.0 Å². The first-order valence-corrected chi connectivity index (χ1v) is 21.2. The van der Waals surface area contributed by atoms with E-state index in [0.29, 0.717) is 52.7 Å². The van der Waals surface area contributed by atoms with Gasteiger partial charge in [0.25, 0.3) is 17.7 Å². The quantitative estimate of drug-likeness (QED) is 0.142. The second-order valence-corrected chi connectivity index (χ2v) is 17.8. The number of hydrogen-bond donors (Lipinski definition) is 2. The smallest absolute Gasteiger partial charge is 0.262 e. The first kappa shape index (κ1) is 42.8. The van der Waals surface area contributed by atoms with Gasteiger partial charge in [-0.25, -0.2) is 0 Å². The van der Waals surface area contributed by atoms with Gasteiger partial charge in [0.2, 0.25) is 11.8 Å². The van der Waals surface area contributed by atoms with Crippen LogP contribution >= 0.6 is 11.6 Å². The first-order valence-electron chi connectivity index (χ1n) is 20.9.